The Labute approximate surface area is 161 Å². The highest BCUT2D eigenvalue weighted by Crippen LogP contribution is 2.27. The average Bonchev–Trinajstić information content (AvgIpc) is 3.05. The van der Waals surface area contributed by atoms with Gasteiger partial charge in [-0.25, -0.2) is 9.97 Å². The van der Waals surface area contributed by atoms with Crippen molar-refractivity contribution >= 4 is 0 Å². The van der Waals surface area contributed by atoms with Gasteiger partial charge in [-0.15, -0.1) is 10.2 Å². The van der Waals surface area contributed by atoms with E-state index in [9.17, 15) is 0 Å². The fraction of sp³-hybridized carbons (Fsp3) is 0.700. The van der Waals surface area contributed by atoms with Crippen LogP contribution in [-0.4, -0.2) is 60.7 Å². The molecule has 0 radical (unpaired) electrons. The van der Waals surface area contributed by atoms with Crippen molar-refractivity contribution in [1.82, 2.24) is 34.5 Å². The van der Waals surface area contributed by atoms with Crippen LogP contribution in [-0.2, 0) is 20.1 Å². The predicted molar refractivity (Wildman–Crippen MR) is 104 cm³/mol. The molecule has 2 aliphatic rings. The molecule has 4 heterocycles. The Balaban J connectivity index is 1.39. The van der Waals surface area contributed by atoms with Crippen LogP contribution in [0.4, 0.5) is 0 Å². The predicted octanol–water partition coefficient (Wildman–Crippen LogP) is 2.28. The van der Waals surface area contributed by atoms with Crippen LogP contribution in [0.1, 0.15) is 61.1 Å². The SMILES string of the molecule is Cc1ncc(CN2CCCC(c3nnc(CN4CCCCC4)n3C)C2)cn1. The van der Waals surface area contributed by atoms with Gasteiger partial charge in [0.15, 0.2) is 0 Å². The summed E-state index contributed by atoms with van der Waals surface area (Å²) < 4.78 is 2.25. The lowest BCUT2D eigenvalue weighted by Gasteiger charge is -2.32. The first kappa shape index (κ1) is 18.5. The van der Waals surface area contributed by atoms with E-state index >= 15 is 0 Å². The third-order valence-electron chi connectivity index (χ3n) is 5.92. The van der Waals surface area contributed by atoms with E-state index in [0.717, 1.165) is 43.7 Å². The highest BCUT2D eigenvalue weighted by Gasteiger charge is 2.26. The van der Waals surface area contributed by atoms with Gasteiger partial charge in [-0.05, 0) is 52.2 Å². The molecule has 2 aromatic rings. The molecule has 2 fully saturated rings. The Bertz CT molecular complexity index is 733. The molecule has 27 heavy (non-hydrogen) atoms. The van der Waals surface area contributed by atoms with Crippen molar-refractivity contribution in [2.45, 2.75) is 58.0 Å². The normalized spacial score (nSPS) is 22.2. The van der Waals surface area contributed by atoms with Gasteiger partial charge in [0.25, 0.3) is 0 Å². The van der Waals surface area contributed by atoms with Gasteiger partial charge < -0.3 is 4.57 Å². The number of rotatable bonds is 5. The van der Waals surface area contributed by atoms with E-state index in [0.29, 0.717) is 5.92 Å². The third-order valence-corrected chi connectivity index (χ3v) is 5.92. The van der Waals surface area contributed by atoms with Crippen molar-refractivity contribution in [3.05, 3.63) is 35.4 Å². The number of aromatic nitrogens is 5. The minimum absolute atomic E-state index is 0.456. The van der Waals surface area contributed by atoms with E-state index in [4.69, 9.17) is 0 Å². The van der Waals surface area contributed by atoms with Gasteiger partial charge in [-0.2, -0.15) is 0 Å². The molecule has 0 N–H and O–H groups in total. The molecular weight excluding hydrogens is 338 g/mol. The molecular formula is C20H31N7. The Hall–Kier alpha value is -1.86. The second-order valence-corrected chi connectivity index (χ2v) is 8.08. The minimum Gasteiger partial charge on any atom is -0.317 e. The first-order valence-corrected chi connectivity index (χ1v) is 10.3. The fourth-order valence-electron chi connectivity index (χ4n) is 4.36. The summed E-state index contributed by atoms with van der Waals surface area (Å²) in [7, 11) is 2.14. The monoisotopic (exact) mass is 369 g/mol. The molecule has 0 aliphatic carbocycles. The molecule has 4 rings (SSSR count). The van der Waals surface area contributed by atoms with E-state index in [2.05, 4.69) is 41.6 Å². The summed E-state index contributed by atoms with van der Waals surface area (Å²) in [6.07, 6.45) is 10.3. The second-order valence-electron chi connectivity index (χ2n) is 8.08. The molecule has 1 unspecified atom stereocenters. The lowest BCUT2D eigenvalue weighted by atomic mass is 9.97. The van der Waals surface area contributed by atoms with E-state index < -0.39 is 0 Å². The largest absolute Gasteiger partial charge is 0.317 e. The van der Waals surface area contributed by atoms with Crippen molar-refractivity contribution < 1.29 is 0 Å². The number of nitrogens with zero attached hydrogens (tertiary/aromatic N) is 7. The summed E-state index contributed by atoms with van der Waals surface area (Å²) in [5.41, 5.74) is 1.19. The smallest absolute Gasteiger partial charge is 0.146 e. The van der Waals surface area contributed by atoms with E-state index in [1.54, 1.807) is 0 Å². The minimum atomic E-state index is 0.456. The van der Waals surface area contributed by atoms with Crippen molar-refractivity contribution in [2.75, 3.05) is 26.2 Å². The van der Waals surface area contributed by atoms with Crippen molar-refractivity contribution in [1.29, 1.82) is 0 Å². The zero-order valence-corrected chi connectivity index (χ0v) is 16.6. The lowest BCUT2D eigenvalue weighted by molar-refractivity contribution is 0.193. The van der Waals surface area contributed by atoms with Crippen LogP contribution in [0.15, 0.2) is 12.4 Å². The number of likely N-dealkylation sites (tertiary alicyclic amines) is 2. The van der Waals surface area contributed by atoms with Crippen LogP contribution in [0, 0.1) is 6.92 Å². The number of hydrogen-bond donors (Lipinski definition) is 0. The van der Waals surface area contributed by atoms with E-state index in [1.165, 1.54) is 50.8 Å². The number of hydrogen-bond acceptors (Lipinski definition) is 6. The molecule has 0 aromatic carbocycles. The maximum absolute atomic E-state index is 4.59. The van der Waals surface area contributed by atoms with Crippen molar-refractivity contribution in [3.63, 3.8) is 0 Å². The number of aryl methyl sites for hydroxylation is 1. The van der Waals surface area contributed by atoms with Gasteiger partial charge in [0.05, 0.1) is 6.54 Å². The van der Waals surface area contributed by atoms with Crippen LogP contribution in [0.25, 0.3) is 0 Å². The Kier molecular flexibility index (Phi) is 5.78. The maximum atomic E-state index is 4.59. The summed E-state index contributed by atoms with van der Waals surface area (Å²) in [6, 6.07) is 0. The lowest BCUT2D eigenvalue weighted by Crippen LogP contribution is -2.35. The highest BCUT2D eigenvalue weighted by atomic mass is 15.3. The molecule has 7 nitrogen and oxygen atoms in total. The standard InChI is InChI=1S/C20H31N7/c1-16-21-11-17(12-22-16)13-27-10-6-7-18(14-27)20-24-23-19(25(20)2)15-26-8-4-3-5-9-26/h11-12,18H,3-10,13-15H2,1-2H3. The molecule has 2 aliphatic heterocycles. The fourth-order valence-corrected chi connectivity index (χ4v) is 4.36. The quantitative estimate of drug-likeness (QED) is 0.806. The molecule has 2 saturated heterocycles. The Morgan fingerprint density at radius 3 is 2.44 bits per heavy atom. The molecule has 0 bridgehead atoms. The van der Waals surface area contributed by atoms with Gasteiger partial charge in [-0.1, -0.05) is 6.42 Å². The van der Waals surface area contributed by atoms with Crippen LogP contribution >= 0.6 is 0 Å². The second kappa shape index (κ2) is 8.44. The molecule has 7 heteroatoms. The average molecular weight is 370 g/mol. The summed E-state index contributed by atoms with van der Waals surface area (Å²) in [6.45, 7) is 8.31. The van der Waals surface area contributed by atoms with Crippen LogP contribution in [0.3, 0.4) is 0 Å². The summed E-state index contributed by atoms with van der Waals surface area (Å²) >= 11 is 0. The van der Waals surface area contributed by atoms with E-state index in [1.807, 2.05) is 19.3 Å². The first-order valence-electron chi connectivity index (χ1n) is 10.3. The van der Waals surface area contributed by atoms with E-state index in [-0.39, 0.29) is 0 Å². The first-order chi connectivity index (χ1) is 13.2. The highest BCUT2D eigenvalue weighted by molar-refractivity contribution is 5.07. The topological polar surface area (TPSA) is 63.0 Å². The molecule has 1 atom stereocenters. The van der Waals surface area contributed by atoms with Crippen LogP contribution < -0.4 is 0 Å². The van der Waals surface area contributed by atoms with Gasteiger partial charge >= 0.3 is 0 Å². The van der Waals surface area contributed by atoms with Gasteiger partial charge in [-0.3, -0.25) is 9.80 Å². The van der Waals surface area contributed by atoms with Crippen LogP contribution in [0.5, 0.6) is 0 Å². The zero-order chi connectivity index (χ0) is 18.6. The summed E-state index contributed by atoms with van der Waals surface area (Å²) in [5, 5.41) is 9.13. The zero-order valence-electron chi connectivity index (χ0n) is 16.6. The molecule has 146 valence electrons. The number of piperidine rings is 2. The van der Waals surface area contributed by atoms with Gasteiger partial charge in [0, 0.05) is 44.0 Å². The molecule has 0 saturated carbocycles. The summed E-state index contributed by atoms with van der Waals surface area (Å²) in [4.78, 5) is 13.7. The van der Waals surface area contributed by atoms with Gasteiger partial charge in [0.2, 0.25) is 0 Å². The van der Waals surface area contributed by atoms with Crippen molar-refractivity contribution in [3.8, 4) is 0 Å². The Morgan fingerprint density at radius 2 is 1.67 bits per heavy atom. The maximum Gasteiger partial charge on any atom is 0.146 e. The Morgan fingerprint density at radius 1 is 0.926 bits per heavy atom. The molecule has 0 spiro atoms. The van der Waals surface area contributed by atoms with Crippen LogP contribution in [0.2, 0.25) is 0 Å². The van der Waals surface area contributed by atoms with Crippen molar-refractivity contribution in [2.24, 2.45) is 7.05 Å². The van der Waals surface area contributed by atoms with Gasteiger partial charge in [0.1, 0.15) is 17.5 Å². The summed E-state index contributed by atoms with van der Waals surface area (Å²) in [5.74, 6) is 3.54. The molecule has 2 aromatic heterocycles. The third kappa shape index (κ3) is 4.52. The molecule has 0 amide bonds.